The number of likely N-dealkylation sites (N-methyl/N-ethyl adjacent to an activating group) is 1. The first-order chi connectivity index (χ1) is 14.5. The maximum atomic E-state index is 13.1. The van der Waals surface area contributed by atoms with Gasteiger partial charge in [0.05, 0.1) is 23.2 Å². The van der Waals surface area contributed by atoms with Crippen LogP contribution in [-0.2, 0) is 4.79 Å². The van der Waals surface area contributed by atoms with E-state index in [1.54, 1.807) is 11.3 Å². The van der Waals surface area contributed by atoms with Crippen LogP contribution in [0.5, 0.6) is 5.75 Å². The highest BCUT2D eigenvalue weighted by molar-refractivity contribution is 7.22. The van der Waals surface area contributed by atoms with Gasteiger partial charge in [-0.05, 0) is 56.3 Å². The van der Waals surface area contributed by atoms with Crippen LogP contribution in [0, 0.1) is 13.8 Å². The number of ether oxygens (including phenoxy) is 1. The van der Waals surface area contributed by atoms with Crippen LogP contribution in [0.2, 0.25) is 0 Å². The predicted octanol–water partition coefficient (Wildman–Crippen LogP) is 5.06. The predicted molar refractivity (Wildman–Crippen MR) is 126 cm³/mol. The lowest BCUT2D eigenvalue weighted by atomic mass is 10.1. The minimum absolute atomic E-state index is 0.0477. The van der Waals surface area contributed by atoms with Gasteiger partial charge in [0.2, 0.25) is 5.91 Å². The van der Waals surface area contributed by atoms with Crippen molar-refractivity contribution in [2.75, 3.05) is 37.7 Å². The third-order valence-electron chi connectivity index (χ3n) is 5.21. The fraction of sp³-hybridized carbons (Fsp3) is 0.417. The number of anilines is 1. The summed E-state index contributed by atoms with van der Waals surface area (Å²) in [5, 5.41) is 0.774. The summed E-state index contributed by atoms with van der Waals surface area (Å²) >= 11 is 1.59. The second kappa shape index (κ2) is 10.5. The number of hydrogen-bond donors (Lipinski definition) is 0. The summed E-state index contributed by atoms with van der Waals surface area (Å²) < 4.78 is 6.88. The Hall–Kier alpha value is -2.44. The van der Waals surface area contributed by atoms with Gasteiger partial charge in [0.15, 0.2) is 5.13 Å². The SMILES string of the molecule is CCN(CC)CCN(C(=O)CCOc1ccccc1)c1nc2c(C)cc(C)cc2s1. The Bertz CT molecular complexity index is 967. The number of rotatable bonds is 10. The molecule has 0 aliphatic carbocycles. The van der Waals surface area contributed by atoms with E-state index < -0.39 is 0 Å². The van der Waals surface area contributed by atoms with E-state index in [0.717, 1.165) is 46.3 Å². The highest BCUT2D eigenvalue weighted by Crippen LogP contribution is 2.32. The number of hydrogen-bond acceptors (Lipinski definition) is 5. The van der Waals surface area contributed by atoms with Crippen molar-refractivity contribution in [3.8, 4) is 5.75 Å². The minimum Gasteiger partial charge on any atom is -0.493 e. The molecule has 1 amide bonds. The highest BCUT2D eigenvalue weighted by atomic mass is 32.1. The molecular formula is C24H31N3O2S. The molecule has 5 nitrogen and oxygen atoms in total. The molecule has 6 heteroatoms. The van der Waals surface area contributed by atoms with Crippen LogP contribution in [0.1, 0.15) is 31.4 Å². The van der Waals surface area contributed by atoms with Crippen molar-refractivity contribution >= 4 is 32.6 Å². The molecule has 3 aromatic rings. The van der Waals surface area contributed by atoms with E-state index in [4.69, 9.17) is 9.72 Å². The van der Waals surface area contributed by atoms with E-state index in [1.807, 2.05) is 35.2 Å². The number of thiazole rings is 1. The van der Waals surface area contributed by atoms with Gasteiger partial charge in [0.25, 0.3) is 0 Å². The topological polar surface area (TPSA) is 45.7 Å². The number of amides is 1. The van der Waals surface area contributed by atoms with Gasteiger partial charge in [-0.2, -0.15) is 0 Å². The van der Waals surface area contributed by atoms with Gasteiger partial charge in [-0.1, -0.05) is 49.4 Å². The molecule has 0 aliphatic rings. The second-order valence-corrected chi connectivity index (χ2v) is 8.42. The van der Waals surface area contributed by atoms with Gasteiger partial charge >= 0.3 is 0 Å². The molecule has 0 atom stereocenters. The number of carbonyl (C=O) groups is 1. The first-order valence-electron chi connectivity index (χ1n) is 10.6. The minimum atomic E-state index is 0.0477. The van der Waals surface area contributed by atoms with Crippen molar-refractivity contribution in [1.82, 2.24) is 9.88 Å². The molecule has 0 saturated heterocycles. The van der Waals surface area contributed by atoms with E-state index in [9.17, 15) is 4.79 Å². The molecular weight excluding hydrogens is 394 g/mol. The Kier molecular flexibility index (Phi) is 7.82. The maximum Gasteiger partial charge on any atom is 0.232 e. The van der Waals surface area contributed by atoms with Gasteiger partial charge < -0.3 is 9.64 Å². The molecule has 0 bridgehead atoms. The van der Waals surface area contributed by atoms with Crippen molar-refractivity contribution in [2.24, 2.45) is 0 Å². The van der Waals surface area contributed by atoms with Crippen LogP contribution in [-0.4, -0.2) is 48.6 Å². The van der Waals surface area contributed by atoms with Crippen molar-refractivity contribution in [3.63, 3.8) is 0 Å². The fourth-order valence-corrected chi connectivity index (χ4v) is 4.68. The molecule has 1 heterocycles. The zero-order valence-corrected chi connectivity index (χ0v) is 19.2. The summed E-state index contributed by atoms with van der Waals surface area (Å²) in [4.78, 5) is 22.1. The number of para-hydroxylation sites is 1. The summed E-state index contributed by atoms with van der Waals surface area (Å²) in [6, 6.07) is 13.9. The lowest BCUT2D eigenvalue weighted by Crippen LogP contribution is -2.39. The summed E-state index contributed by atoms with van der Waals surface area (Å²) in [5.74, 6) is 0.831. The average molecular weight is 426 g/mol. The Morgan fingerprint density at radius 1 is 1.07 bits per heavy atom. The fourth-order valence-electron chi connectivity index (χ4n) is 3.49. The van der Waals surface area contributed by atoms with Crippen LogP contribution in [0.25, 0.3) is 10.2 Å². The number of aromatic nitrogens is 1. The first kappa shape index (κ1) is 22.2. The molecule has 0 saturated carbocycles. The smallest absolute Gasteiger partial charge is 0.232 e. The Morgan fingerprint density at radius 3 is 2.50 bits per heavy atom. The standard InChI is InChI=1S/C24H31N3O2S/c1-5-26(6-2)13-14-27(22(28)12-15-29-20-10-8-7-9-11-20)24-25-23-19(4)16-18(3)17-21(23)30-24/h7-11,16-17H,5-6,12-15H2,1-4H3. The highest BCUT2D eigenvalue weighted by Gasteiger charge is 2.21. The quantitative estimate of drug-likeness (QED) is 0.456. The van der Waals surface area contributed by atoms with Crippen molar-refractivity contribution in [1.29, 1.82) is 0 Å². The summed E-state index contributed by atoms with van der Waals surface area (Å²) in [5.41, 5.74) is 3.35. The molecule has 0 N–H and O–H groups in total. The lowest BCUT2D eigenvalue weighted by Gasteiger charge is -2.24. The molecule has 0 radical (unpaired) electrons. The number of aryl methyl sites for hydroxylation is 2. The Balaban J connectivity index is 1.77. The molecule has 0 spiro atoms. The molecule has 0 aliphatic heterocycles. The third-order valence-corrected chi connectivity index (χ3v) is 6.24. The number of nitrogens with zero attached hydrogens (tertiary/aromatic N) is 3. The largest absolute Gasteiger partial charge is 0.493 e. The van der Waals surface area contributed by atoms with Crippen LogP contribution in [0.3, 0.4) is 0 Å². The van der Waals surface area contributed by atoms with Gasteiger partial charge in [-0.3, -0.25) is 9.69 Å². The molecule has 0 fully saturated rings. The summed E-state index contributed by atoms with van der Waals surface area (Å²) in [6.07, 6.45) is 0.321. The van der Waals surface area contributed by atoms with Crippen molar-refractivity contribution in [2.45, 2.75) is 34.1 Å². The molecule has 1 aromatic heterocycles. The third kappa shape index (κ3) is 5.58. The number of carbonyl (C=O) groups excluding carboxylic acids is 1. The van der Waals surface area contributed by atoms with Crippen molar-refractivity contribution < 1.29 is 9.53 Å². The first-order valence-corrected chi connectivity index (χ1v) is 11.4. The number of fused-ring (bicyclic) bond motifs is 1. The van der Waals surface area contributed by atoms with Gasteiger partial charge in [0, 0.05) is 13.1 Å². The maximum absolute atomic E-state index is 13.1. The molecule has 160 valence electrons. The van der Waals surface area contributed by atoms with Crippen LogP contribution >= 0.6 is 11.3 Å². The van der Waals surface area contributed by atoms with E-state index >= 15 is 0 Å². The molecule has 3 rings (SSSR count). The number of benzene rings is 2. The summed E-state index contributed by atoms with van der Waals surface area (Å²) in [7, 11) is 0. The van der Waals surface area contributed by atoms with Crippen LogP contribution in [0.4, 0.5) is 5.13 Å². The van der Waals surface area contributed by atoms with Gasteiger partial charge in [0.1, 0.15) is 5.75 Å². The van der Waals surface area contributed by atoms with Crippen molar-refractivity contribution in [3.05, 3.63) is 53.6 Å². The monoisotopic (exact) mass is 425 g/mol. The normalized spacial score (nSPS) is 11.2. The average Bonchev–Trinajstić information content (AvgIpc) is 3.16. The molecule has 2 aromatic carbocycles. The van der Waals surface area contributed by atoms with E-state index in [1.165, 1.54) is 5.56 Å². The second-order valence-electron chi connectivity index (χ2n) is 7.41. The molecule has 0 unspecified atom stereocenters. The van der Waals surface area contributed by atoms with E-state index in [0.29, 0.717) is 19.6 Å². The van der Waals surface area contributed by atoms with Gasteiger partial charge in [-0.15, -0.1) is 0 Å². The van der Waals surface area contributed by atoms with Crippen LogP contribution < -0.4 is 9.64 Å². The molecule has 30 heavy (non-hydrogen) atoms. The van der Waals surface area contributed by atoms with Gasteiger partial charge in [-0.25, -0.2) is 4.98 Å². The van der Waals surface area contributed by atoms with E-state index in [2.05, 4.69) is 44.7 Å². The van der Waals surface area contributed by atoms with E-state index in [-0.39, 0.29) is 5.91 Å². The Morgan fingerprint density at radius 2 is 1.80 bits per heavy atom. The Labute approximate surface area is 183 Å². The lowest BCUT2D eigenvalue weighted by molar-refractivity contribution is -0.119. The summed E-state index contributed by atoms with van der Waals surface area (Å²) in [6.45, 7) is 12.2. The zero-order chi connectivity index (χ0) is 21.5. The van der Waals surface area contributed by atoms with Crippen LogP contribution in [0.15, 0.2) is 42.5 Å². The zero-order valence-electron chi connectivity index (χ0n) is 18.4.